The summed E-state index contributed by atoms with van der Waals surface area (Å²) < 4.78 is 68.6. The standard InChI is InChI=1S/C79H154O17P2/c1-7-10-12-14-16-18-20-22-24-25-26-27-28-29-30-31-33-35-39-43-51-57-63-78(83)95-74(67-89-76(81)61-55-49-42-38-34-32-23-21-19-17-15-13-11-8-2)69-93-97(85,86)91-65-73(80)66-92-98(87,88)94-70-75(68-90-77(82)62-56-50-46-45-48-54-60-72(6)9-3)96-79(84)64-58-52-44-40-36-37-41-47-53-59-71(4)5/h71-75,80H,7-70H2,1-6H3,(H,85,86)(H,87,88)/t72?,73-,74-,75-/m1/s1. The van der Waals surface area contributed by atoms with Gasteiger partial charge in [0.25, 0.3) is 0 Å². The van der Waals surface area contributed by atoms with Crippen LogP contribution in [-0.2, 0) is 65.4 Å². The summed E-state index contributed by atoms with van der Waals surface area (Å²) >= 11 is 0. The summed E-state index contributed by atoms with van der Waals surface area (Å²) in [7, 11) is -9.91. The third kappa shape index (κ3) is 71.1. The van der Waals surface area contributed by atoms with E-state index in [0.717, 1.165) is 108 Å². The van der Waals surface area contributed by atoms with Crippen LogP contribution in [0.4, 0.5) is 0 Å². The maximum atomic E-state index is 13.1. The molecule has 0 aliphatic rings. The molecule has 0 saturated carbocycles. The minimum absolute atomic E-state index is 0.105. The van der Waals surface area contributed by atoms with Gasteiger partial charge in [0.15, 0.2) is 12.2 Å². The summed E-state index contributed by atoms with van der Waals surface area (Å²) in [6.45, 7) is 9.55. The molecule has 6 atom stereocenters. The molecule has 19 heteroatoms. The summed E-state index contributed by atoms with van der Waals surface area (Å²) in [6.07, 6.45) is 59.9. The number of hydrogen-bond acceptors (Lipinski definition) is 15. The predicted octanol–water partition coefficient (Wildman–Crippen LogP) is 23.5. The van der Waals surface area contributed by atoms with Crippen molar-refractivity contribution >= 4 is 39.5 Å². The van der Waals surface area contributed by atoms with Crippen molar-refractivity contribution in [1.29, 1.82) is 0 Å². The SMILES string of the molecule is CCCCCCCCCCCCCCCCCCCCCCCCC(=O)O[C@H](COC(=O)CCCCCCCCCCCCCCCC)COP(=O)(O)OC[C@@H](O)COP(=O)(O)OC[C@@H](COC(=O)CCCCCCCCC(C)CC)OC(=O)CCCCCCCCCCCC(C)C. The number of phosphoric acid groups is 2. The maximum absolute atomic E-state index is 13.1. The monoisotopic (exact) mass is 1440 g/mol. The van der Waals surface area contributed by atoms with E-state index in [1.54, 1.807) is 0 Å². The van der Waals surface area contributed by atoms with Crippen LogP contribution in [0.3, 0.4) is 0 Å². The molecule has 0 radical (unpaired) electrons. The van der Waals surface area contributed by atoms with Crippen molar-refractivity contribution in [2.24, 2.45) is 11.8 Å². The molecule has 0 rings (SSSR count). The third-order valence-corrected chi connectivity index (χ3v) is 20.7. The molecule has 3 N–H and O–H groups in total. The molecular formula is C79H154O17P2. The zero-order chi connectivity index (χ0) is 72.1. The van der Waals surface area contributed by atoms with Gasteiger partial charge in [-0.3, -0.25) is 37.3 Å². The lowest BCUT2D eigenvalue weighted by Gasteiger charge is -2.21. The normalized spacial score (nSPS) is 14.2. The van der Waals surface area contributed by atoms with E-state index in [1.165, 1.54) is 225 Å². The first-order valence-corrected chi connectivity index (χ1v) is 44.0. The number of carbonyl (C=O) groups is 4. The van der Waals surface area contributed by atoms with Crippen LogP contribution >= 0.6 is 15.6 Å². The predicted molar refractivity (Wildman–Crippen MR) is 400 cm³/mol. The van der Waals surface area contributed by atoms with Gasteiger partial charge in [-0.15, -0.1) is 0 Å². The first-order valence-electron chi connectivity index (χ1n) is 41.0. The molecule has 0 aromatic carbocycles. The first kappa shape index (κ1) is 96.1. The Morgan fingerprint density at radius 2 is 0.520 bits per heavy atom. The van der Waals surface area contributed by atoms with Crippen LogP contribution in [-0.4, -0.2) is 96.7 Å². The molecule has 0 aliphatic carbocycles. The average Bonchev–Trinajstić information content (AvgIpc) is 0.950. The molecule has 17 nitrogen and oxygen atoms in total. The van der Waals surface area contributed by atoms with E-state index in [2.05, 4.69) is 41.5 Å². The van der Waals surface area contributed by atoms with Crippen LogP contribution in [0, 0.1) is 11.8 Å². The maximum Gasteiger partial charge on any atom is 0.472 e. The van der Waals surface area contributed by atoms with Gasteiger partial charge in [-0.25, -0.2) is 9.13 Å². The van der Waals surface area contributed by atoms with Gasteiger partial charge in [0.2, 0.25) is 0 Å². The van der Waals surface area contributed by atoms with Crippen molar-refractivity contribution in [3.8, 4) is 0 Å². The van der Waals surface area contributed by atoms with E-state index in [9.17, 15) is 43.2 Å². The molecular weight excluding hydrogens is 1280 g/mol. The van der Waals surface area contributed by atoms with E-state index in [1.807, 2.05) is 0 Å². The summed E-state index contributed by atoms with van der Waals surface area (Å²) in [5.41, 5.74) is 0. The molecule has 0 aliphatic heterocycles. The minimum atomic E-state index is -4.96. The Hall–Kier alpha value is -1.94. The number of aliphatic hydroxyl groups excluding tert-OH is 1. The summed E-state index contributed by atoms with van der Waals surface area (Å²) in [6, 6.07) is 0. The van der Waals surface area contributed by atoms with Gasteiger partial charge in [-0.05, 0) is 37.5 Å². The van der Waals surface area contributed by atoms with Crippen LogP contribution in [0.15, 0.2) is 0 Å². The van der Waals surface area contributed by atoms with Crippen molar-refractivity contribution in [3.05, 3.63) is 0 Å². The number of unbranched alkanes of at least 4 members (excludes halogenated alkanes) is 47. The second-order valence-corrected chi connectivity index (χ2v) is 32.1. The van der Waals surface area contributed by atoms with E-state index in [4.69, 9.17) is 37.0 Å². The van der Waals surface area contributed by atoms with E-state index in [0.29, 0.717) is 25.7 Å². The Labute approximate surface area is 600 Å². The number of phosphoric ester groups is 2. The molecule has 3 unspecified atom stereocenters. The molecule has 582 valence electrons. The van der Waals surface area contributed by atoms with Crippen molar-refractivity contribution in [2.75, 3.05) is 39.6 Å². The summed E-state index contributed by atoms with van der Waals surface area (Å²) in [4.78, 5) is 72.9. The Morgan fingerprint density at radius 3 is 0.776 bits per heavy atom. The minimum Gasteiger partial charge on any atom is -0.462 e. The smallest absolute Gasteiger partial charge is 0.462 e. The molecule has 0 fully saturated rings. The van der Waals surface area contributed by atoms with Crippen LogP contribution in [0.2, 0.25) is 0 Å². The highest BCUT2D eigenvalue weighted by atomic mass is 31.2. The number of esters is 4. The van der Waals surface area contributed by atoms with Crippen LogP contribution in [0.1, 0.15) is 414 Å². The number of ether oxygens (including phenoxy) is 4. The third-order valence-electron chi connectivity index (χ3n) is 18.8. The first-order chi connectivity index (χ1) is 47.4. The lowest BCUT2D eigenvalue weighted by molar-refractivity contribution is -0.161. The van der Waals surface area contributed by atoms with E-state index >= 15 is 0 Å². The highest BCUT2D eigenvalue weighted by Crippen LogP contribution is 2.45. The van der Waals surface area contributed by atoms with Gasteiger partial charge in [0.1, 0.15) is 19.3 Å². The second kappa shape index (κ2) is 70.7. The number of hydrogen-bond donors (Lipinski definition) is 3. The molecule has 0 spiro atoms. The largest absolute Gasteiger partial charge is 0.472 e. The zero-order valence-electron chi connectivity index (χ0n) is 64.1. The number of carbonyl (C=O) groups excluding carboxylic acids is 4. The van der Waals surface area contributed by atoms with E-state index < -0.39 is 97.5 Å². The second-order valence-electron chi connectivity index (χ2n) is 29.2. The molecule has 0 saturated heterocycles. The molecule has 0 amide bonds. The fraction of sp³-hybridized carbons (Fsp3) is 0.949. The average molecular weight is 1440 g/mol. The fourth-order valence-electron chi connectivity index (χ4n) is 12.2. The lowest BCUT2D eigenvalue weighted by Crippen LogP contribution is -2.30. The Morgan fingerprint density at radius 1 is 0.296 bits per heavy atom. The summed E-state index contributed by atoms with van der Waals surface area (Å²) in [5, 5.41) is 10.6. The summed E-state index contributed by atoms with van der Waals surface area (Å²) in [5.74, 6) is -0.647. The molecule has 0 aromatic heterocycles. The number of aliphatic hydroxyl groups is 1. The lowest BCUT2D eigenvalue weighted by atomic mass is 10.00. The molecule has 0 bridgehead atoms. The van der Waals surface area contributed by atoms with Gasteiger partial charge in [0.05, 0.1) is 26.4 Å². The Bertz CT molecular complexity index is 1890. The fourth-order valence-corrected chi connectivity index (χ4v) is 13.7. The Kier molecular flexibility index (Phi) is 69.3. The van der Waals surface area contributed by atoms with Crippen LogP contribution in [0.25, 0.3) is 0 Å². The van der Waals surface area contributed by atoms with Crippen molar-refractivity contribution in [1.82, 2.24) is 0 Å². The highest BCUT2D eigenvalue weighted by molar-refractivity contribution is 7.47. The van der Waals surface area contributed by atoms with Crippen molar-refractivity contribution in [2.45, 2.75) is 432 Å². The highest BCUT2D eigenvalue weighted by Gasteiger charge is 2.30. The van der Waals surface area contributed by atoms with Crippen LogP contribution < -0.4 is 0 Å². The van der Waals surface area contributed by atoms with Crippen molar-refractivity contribution in [3.63, 3.8) is 0 Å². The van der Waals surface area contributed by atoms with Gasteiger partial charge in [-0.2, -0.15) is 0 Å². The van der Waals surface area contributed by atoms with Gasteiger partial charge in [-0.1, -0.05) is 363 Å². The van der Waals surface area contributed by atoms with Gasteiger partial charge >= 0.3 is 39.5 Å². The molecule has 0 aromatic rings. The molecule has 98 heavy (non-hydrogen) atoms. The van der Waals surface area contributed by atoms with Gasteiger partial charge < -0.3 is 33.8 Å². The quantitative estimate of drug-likeness (QED) is 0.0222. The van der Waals surface area contributed by atoms with Crippen LogP contribution in [0.5, 0.6) is 0 Å². The number of rotatable bonds is 78. The zero-order valence-corrected chi connectivity index (χ0v) is 65.9. The van der Waals surface area contributed by atoms with E-state index in [-0.39, 0.29) is 25.7 Å². The topological polar surface area (TPSA) is 237 Å². The van der Waals surface area contributed by atoms with Gasteiger partial charge in [0, 0.05) is 25.7 Å². The molecule has 0 heterocycles. The van der Waals surface area contributed by atoms with Crippen molar-refractivity contribution < 1.29 is 80.2 Å². The Balaban J connectivity index is 5.20.